The summed E-state index contributed by atoms with van der Waals surface area (Å²) >= 11 is 3.51. The molecule has 1 aromatic rings. The van der Waals surface area contributed by atoms with E-state index in [1.165, 1.54) is 0 Å². The quantitative estimate of drug-likeness (QED) is 0.862. The first-order chi connectivity index (χ1) is 9.15. The molecule has 1 aromatic carbocycles. The number of hydrogen-bond donors (Lipinski definition) is 1. The topological polar surface area (TPSA) is 69.2 Å². The number of nitrogens with two attached hydrogens (primary N) is 1. The van der Waals surface area contributed by atoms with E-state index in [1.54, 1.807) is 0 Å². The van der Waals surface area contributed by atoms with Gasteiger partial charge in [0.25, 0.3) is 0 Å². The van der Waals surface area contributed by atoms with Crippen molar-refractivity contribution < 1.29 is 9.47 Å². The lowest BCUT2D eigenvalue weighted by Crippen LogP contribution is -2.27. The molecule has 0 amide bonds. The molecule has 100 valence electrons. The lowest BCUT2D eigenvalue weighted by Gasteiger charge is -2.22. The molecule has 0 aromatic heterocycles. The van der Waals surface area contributed by atoms with E-state index >= 15 is 0 Å². The van der Waals surface area contributed by atoms with Gasteiger partial charge in [0.15, 0.2) is 11.5 Å². The van der Waals surface area contributed by atoms with Crippen LogP contribution in [0.5, 0.6) is 11.5 Å². The molecule has 1 unspecified atom stereocenters. The van der Waals surface area contributed by atoms with Crippen molar-refractivity contribution in [3.05, 3.63) is 22.2 Å². The zero-order valence-corrected chi connectivity index (χ0v) is 12.1. The van der Waals surface area contributed by atoms with Gasteiger partial charge in [0.05, 0.1) is 10.2 Å². The summed E-state index contributed by atoms with van der Waals surface area (Å²) < 4.78 is 12.1. The average Bonchev–Trinajstić information content (AvgIpc) is 2.42. The molecule has 0 saturated heterocycles. The number of nitrogens with zero attached hydrogens (tertiary/aromatic N) is 2. The second kappa shape index (κ2) is 4.85. The smallest absolute Gasteiger partial charge is 0.175 e. The summed E-state index contributed by atoms with van der Waals surface area (Å²) in [7, 11) is 0. The highest BCUT2D eigenvalue weighted by Crippen LogP contribution is 2.39. The predicted molar refractivity (Wildman–Crippen MR) is 77.1 cm³/mol. The fraction of sp³-hybridized carbons (Fsp3) is 0.385. The highest BCUT2D eigenvalue weighted by atomic mass is 79.9. The zero-order valence-electron chi connectivity index (χ0n) is 10.5. The van der Waals surface area contributed by atoms with Crippen LogP contribution in [-0.4, -0.2) is 24.8 Å². The monoisotopic (exact) mass is 323 g/mol. The number of rotatable bonds is 1. The van der Waals surface area contributed by atoms with Crippen molar-refractivity contribution in [2.24, 2.45) is 21.9 Å². The van der Waals surface area contributed by atoms with Gasteiger partial charge in [-0.15, -0.1) is 5.10 Å². The molecule has 2 N–H and O–H groups in total. The van der Waals surface area contributed by atoms with Crippen molar-refractivity contribution in [1.29, 1.82) is 0 Å². The summed E-state index contributed by atoms with van der Waals surface area (Å²) in [5.41, 5.74) is 7.65. The number of amidine groups is 1. The van der Waals surface area contributed by atoms with Gasteiger partial charge in [-0.3, -0.25) is 0 Å². The average molecular weight is 324 g/mol. The maximum Gasteiger partial charge on any atom is 0.175 e. The number of ether oxygens (including phenoxy) is 2. The van der Waals surface area contributed by atoms with Crippen LogP contribution in [-0.2, 0) is 0 Å². The SMILES string of the molecule is CC1CC(c2cc(Br)c3c(c2)OCCO3)=NN=C1N. The van der Waals surface area contributed by atoms with E-state index in [0.717, 1.165) is 33.7 Å². The third-order valence-electron chi connectivity index (χ3n) is 3.22. The van der Waals surface area contributed by atoms with Crippen molar-refractivity contribution in [2.45, 2.75) is 13.3 Å². The Morgan fingerprint density at radius 1 is 1.26 bits per heavy atom. The van der Waals surface area contributed by atoms with Gasteiger partial charge in [0.2, 0.25) is 0 Å². The van der Waals surface area contributed by atoms with E-state index in [2.05, 4.69) is 26.1 Å². The summed E-state index contributed by atoms with van der Waals surface area (Å²) in [6, 6.07) is 3.93. The molecule has 3 rings (SSSR count). The summed E-state index contributed by atoms with van der Waals surface area (Å²) in [5, 5.41) is 8.19. The maximum atomic E-state index is 5.75. The molecule has 2 aliphatic heterocycles. The third-order valence-corrected chi connectivity index (χ3v) is 3.81. The van der Waals surface area contributed by atoms with E-state index in [-0.39, 0.29) is 5.92 Å². The van der Waals surface area contributed by atoms with E-state index in [9.17, 15) is 0 Å². The van der Waals surface area contributed by atoms with Crippen LogP contribution in [0.1, 0.15) is 18.9 Å². The van der Waals surface area contributed by atoms with Crippen molar-refractivity contribution in [3.8, 4) is 11.5 Å². The van der Waals surface area contributed by atoms with Gasteiger partial charge in [-0.2, -0.15) is 5.10 Å². The minimum Gasteiger partial charge on any atom is -0.486 e. The lowest BCUT2D eigenvalue weighted by molar-refractivity contribution is 0.170. The lowest BCUT2D eigenvalue weighted by atomic mass is 9.97. The van der Waals surface area contributed by atoms with Crippen LogP contribution in [0, 0.1) is 5.92 Å². The Morgan fingerprint density at radius 3 is 2.84 bits per heavy atom. The first-order valence-corrected chi connectivity index (χ1v) is 6.94. The van der Waals surface area contributed by atoms with Crippen LogP contribution < -0.4 is 15.2 Å². The molecule has 2 heterocycles. The van der Waals surface area contributed by atoms with E-state index in [4.69, 9.17) is 15.2 Å². The van der Waals surface area contributed by atoms with Crippen LogP contribution in [0.2, 0.25) is 0 Å². The number of hydrogen-bond acceptors (Lipinski definition) is 5. The largest absolute Gasteiger partial charge is 0.486 e. The van der Waals surface area contributed by atoms with Gasteiger partial charge >= 0.3 is 0 Å². The summed E-state index contributed by atoms with van der Waals surface area (Å²) in [6.45, 7) is 3.18. The molecule has 0 fully saturated rings. The highest BCUT2D eigenvalue weighted by molar-refractivity contribution is 9.10. The summed E-state index contributed by atoms with van der Waals surface area (Å²) in [6.07, 6.45) is 0.779. The van der Waals surface area contributed by atoms with E-state index in [1.807, 2.05) is 19.1 Å². The minimum absolute atomic E-state index is 0.208. The molecular weight excluding hydrogens is 310 g/mol. The van der Waals surface area contributed by atoms with Crippen molar-refractivity contribution in [3.63, 3.8) is 0 Å². The van der Waals surface area contributed by atoms with Gasteiger partial charge in [0, 0.05) is 17.9 Å². The van der Waals surface area contributed by atoms with Gasteiger partial charge in [-0.05, 0) is 28.1 Å². The normalized spacial score (nSPS) is 21.7. The second-order valence-corrected chi connectivity index (χ2v) is 5.51. The summed E-state index contributed by atoms with van der Waals surface area (Å²) in [5.74, 6) is 2.29. The van der Waals surface area contributed by atoms with Gasteiger partial charge in [-0.25, -0.2) is 0 Å². The van der Waals surface area contributed by atoms with Crippen molar-refractivity contribution >= 4 is 27.5 Å². The van der Waals surface area contributed by atoms with Crippen molar-refractivity contribution in [1.82, 2.24) is 0 Å². The molecule has 2 aliphatic rings. The Balaban J connectivity index is 2.00. The van der Waals surface area contributed by atoms with Gasteiger partial charge in [-0.1, -0.05) is 6.92 Å². The highest BCUT2D eigenvalue weighted by Gasteiger charge is 2.21. The van der Waals surface area contributed by atoms with Crippen LogP contribution >= 0.6 is 15.9 Å². The molecule has 5 nitrogen and oxygen atoms in total. The third kappa shape index (κ3) is 2.32. The minimum atomic E-state index is 0.208. The molecule has 0 spiro atoms. The second-order valence-electron chi connectivity index (χ2n) is 4.66. The van der Waals surface area contributed by atoms with Crippen LogP contribution in [0.25, 0.3) is 0 Å². The number of benzene rings is 1. The number of halogens is 1. The molecule has 0 saturated carbocycles. The molecule has 1 atom stereocenters. The molecular formula is C13H14BrN3O2. The number of fused-ring (bicyclic) bond motifs is 1. The van der Waals surface area contributed by atoms with Gasteiger partial charge < -0.3 is 15.2 Å². The first-order valence-electron chi connectivity index (χ1n) is 6.14. The Bertz CT molecular complexity index is 583. The van der Waals surface area contributed by atoms with Crippen LogP contribution in [0.15, 0.2) is 26.8 Å². The van der Waals surface area contributed by atoms with E-state index in [0.29, 0.717) is 19.0 Å². The Labute approximate surface area is 119 Å². The molecule has 0 radical (unpaired) electrons. The first kappa shape index (κ1) is 12.5. The van der Waals surface area contributed by atoms with Gasteiger partial charge in [0.1, 0.15) is 19.0 Å². The fourth-order valence-electron chi connectivity index (χ4n) is 2.11. The van der Waals surface area contributed by atoms with E-state index < -0.39 is 0 Å². The Kier molecular flexibility index (Phi) is 3.18. The molecule has 0 aliphatic carbocycles. The standard InChI is InChI=1S/C13H14BrN3O2/c1-7-4-10(16-17-13(7)15)8-5-9(14)12-11(6-8)18-2-3-19-12/h5-7H,2-4H2,1H3,(H2,15,17). The Hall–Kier alpha value is -1.56. The van der Waals surface area contributed by atoms with Crippen molar-refractivity contribution in [2.75, 3.05) is 13.2 Å². The van der Waals surface area contributed by atoms with Crippen LogP contribution in [0.4, 0.5) is 0 Å². The maximum absolute atomic E-state index is 5.75. The Morgan fingerprint density at radius 2 is 2.05 bits per heavy atom. The molecule has 6 heteroatoms. The molecule has 19 heavy (non-hydrogen) atoms. The predicted octanol–water partition coefficient (Wildman–Crippen LogP) is 2.32. The summed E-state index contributed by atoms with van der Waals surface area (Å²) in [4.78, 5) is 0. The zero-order chi connectivity index (χ0) is 13.4. The fourth-order valence-corrected chi connectivity index (χ4v) is 2.66. The van der Waals surface area contributed by atoms with Crippen LogP contribution in [0.3, 0.4) is 0 Å². The molecule has 0 bridgehead atoms.